The Morgan fingerprint density at radius 1 is 0.925 bits per heavy atom. The first-order valence-electron chi connectivity index (χ1n) is 13.9. The number of aromatic amines is 1. The second kappa shape index (κ2) is 12.8. The lowest BCUT2D eigenvalue weighted by molar-refractivity contribution is -0.142. The second-order valence-corrected chi connectivity index (χ2v) is 10.5. The van der Waals surface area contributed by atoms with E-state index < -0.39 is 18.1 Å². The van der Waals surface area contributed by atoms with Crippen LogP contribution in [0.1, 0.15) is 30.9 Å². The van der Waals surface area contributed by atoms with E-state index in [1.807, 2.05) is 66.9 Å². The lowest BCUT2D eigenvalue weighted by Crippen LogP contribution is -2.53. The normalized spacial score (nSPS) is 15.4. The Balaban J connectivity index is 1.36. The van der Waals surface area contributed by atoms with Gasteiger partial charge in [0.1, 0.15) is 12.6 Å². The highest BCUT2D eigenvalue weighted by Crippen LogP contribution is 2.20. The van der Waals surface area contributed by atoms with Gasteiger partial charge in [0, 0.05) is 36.4 Å². The average Bonchev–Trinajstić information content (AvgIpc) is 3.38. The Labute approximate surface area is 233 Å². The molecule has 2 amide bonds. The summed E-state index contributed by atoms with van der Waals surface area (Å²) in [6.45, 7) is 2.96. The van der Waals surface area contributed by atoms with Gasteiger partial charge in [0.15, 0.2) is 0 Å². The number of carbonyl (C=O) groups excluding carboxylic acids is 3. The SMILES string of the molecule is CC(=O)OCC(Cc1c[nH]c2ccccc12)NC(=O)[C@@H](Cc1ccc2ccccc2c1)NC(=O)C1CCNCC1. The summed E-state index contributed by atoms with van der Waals surface area (Å²) in [5, 5.41) is 12.7. The minimum absolute atomic E-state index is 0.0332. The van der Waals surface area contributed by atoms with Gasteiger partial charge < -0.3 is 25.7 Å². The first-order valence-corrected chi connectivity index (χ1v) is 13.9. The number of nitrogens with one attached hydrogen (secondary N) is 4. The molecule has 5 rings (SSSR count). The van der Waals surface area contributed by atoms with Crippen LogP contribution < -0.4 is 16.0 Å². The average molecular weight is 541 g/mol. The smallest absolute Gasteiger partial charge is 0.302 e. The zero-order chi connectivity index (χ0) is 27.9. The highest BCUT2D eigenvalue weighted by atomic mass is 16.5. The summed E-state index contributed by atoms with van der Waals surface area (Å²) >= 11 is 0. The van der Waals surface area contributed by atoms with Crippen molar-refractivity contribution in [2.75, 3.05) is 19.7 Å². The van der Waals surface area contributed by atoms with Crippen molar-refractivity contribution in [3.8, 4) is 0 Å². The molecule has 3 aromatic carbocycles. The maximum atomic E-state index is 13.8. The van der Waals surface area contributed by atoms with Crippen molar-refractivity contribution in [2.24, 2.45) is 5.92 Å². The number of aromatic nitrogens is 1. The summed E-state index contributed by atoms with van der Waals surface area (Å²) in [6, 6.07) is 20.9. The van der Waals surface area contributed by atoms with E-state index in [2.05, 4.69) is 27.0 Å². The number of ether oxygens (including phenoxy) is 1. The van der Waals surface area contributed by atoms with E-state index in [1.165, 1.54) is 6.92 Å². The Bertz CT molecular complexity index is 1490. The van der Waals surface area contributed by atoms with Crippen LogP contribution in [0.5, 0.6) is 0 Å². The first-order chi connectivity index (χ1) is 19.5. The molecule has 1 aliphatic rings. The van der Waals surface area contributed by atoms with E-state index >= 15 is 0 Å². The van der Waals surface area contributed by atoms with Crippen molar-refractivity contribution < 1.29 is 19.1 Å². The summed E-state index contributed by atoms with van der Waals surface area (Å²) in [7, 11) is 0. The summed E-state index contributed by atoms with van der Waals surface area (Å²) in [5.74, 6) is -0.940. The molecule has 8 heteroatoms. The lowest BCUT2D eigenvalue weighted by Gasteiger charge is -2.27. The molecule has 0 aliphatic carbocycles. The highest BCUT2D eigenvalue weighted by molar-refractivity contribution is 5.90. The molecule has 0 radical (unpaired) electrons. The van der Waals surface area contributed by atoms with E-state index in [-0.39, 0.29) is 24.3 Å². The van der Waals surface area contributed by atoms with E-state index in [4.69, 9.17) is 4.74 Å². The van der Waals surface area contributed by atoms with Crippen LogP contribution in [0.15, 0.2) is 72.9 Å². The predicted molar refractivity (Wildman–Crippen MR) is 156 cm³/mol. The number of H-pyrrole nitrogens is 1. The predicted octanol–water partition coefficient (Wildman–Crippen LogP) is 3.64. The summed E-state index contributed by atoms with van der Waals surface area (Å²) in [6.07, 6.45) is 4.22. The molecule has 0 saturated carbocycles. The molecule has 2 heterocycles. The third kappa shape index (κ3) is 6.87. The molecule has 40 heavy (non-hydrogen) atoms. The van der Waals surface area contributed by atoms with Gasteiger partial charge in [0.2, 0.25) is 11.8 Å². The number of para-hydroxylation sites is 1. The molecule has 2 atom stereocenters. The zero-order valence-corrected chi connectivity index (χ0v) is 22.7. The molecule has 4 aromatic rings. The maximum absolute atomic E-state index is 13.8. The Morgan fingerprint density at radius 2 is 1.68 bits per heavy atom. The maximum Gasteiger partial charge on any atom is 0.302 e. The molecule has 0 bridgehead atoms. The van der Waals surface area contributed by atoms with Gasteiger partial charge >= 0.3 is 5.97 Å². The van der Waals surface area contributed by atoms with Crippen LogP contribution in [0.2, 0.25) is 0 Å². The Morgan fingerprint density at radius 3 is 2.48 bits per heavy atom. The first kappa shape index (κ1) is 27.4. The quantitative estimate of drug-likeness (QED) is 0.230. The van der Waals surface area contributed by atoms with E-state index in [0.717, 1.165) is 58.7 Å². The van der Waals surface area contributed by atoms with Gasteiger partial charge in [-0.15, -0.1) is 0 Å². The van der Waals surface area contributed by atoms with Gasteiger partial charge in [-0.2, -0.15) is 0 Å². The van der Waals surface area contributed by atoms with Crippen LogP contribution in [0.25, 0.3) is 21.7 Å². The Hall–Kier alpha value is -4.17. The van der Waals surface area contributed by atoms with Gasteiger partial charge in [0.25, 0.3) is 0 Å². The van der Waals surface area contributed by atoms with Crippen molar-refractivity contribution in [1.82, 2.24) is 20.9 Å². The van der Waals surface area contributed by atoms with Crippen molar-refractivity contribution in [3.05, 3.63) is 84.1 Å². The van der Waals surface area contributed by atoms with Gasteiger partial charge in [-0.05, 0) is 60.3 Å². The van der Waals surface area contributed by atoms with Crippen LogP contribution in [0.4, 0.5) is 0 Å². The van der Waals surface area contributed by atoms with Gasteiger partial charge in [-0.3, -0.25) is 14.4 Å². The summed E-state index contributed by atoms with van der Waals surface area (Å²) in [4.78, 5) is 41.9. The highest BCUT2D eigenvalue weighted by Gasteiger charge is 2.29. The number of piperidine rings is 1. The van der Waals surface area contributed by atoms with Crippen molar-refractivity contribution >= 4 is 39.5 Å². The molecular weight excluding hydrogens is 504 g/mol. The summed E-state index contributed by atoms with van der Waals surface area (Å²) < 4.78 is 5.33. The number of hydrogen-bond acceptors (Lipinski definition) is 5. The topological polar surface area (TPSA) is 112 Å². The van der Waals surface area contributed by atoms with E-state index in [0.29, 0.717) is 12.8 Å². The van der Waals surface area contributed by atoms with Gasteiger partial charge in [0.05, 0.1) is 6.04 Å². The molecule has 1 unspecified atom stereocenters. The number of rotatable bonds is 10. The van der Waals surface area contributed by atoms with Crippen molar-refractivity contribution in [1.29, 1.82) is 0 Å². The minimum atomic E-state index is -0.772. The molecule has 1 fully saturated rings. The second-order valence-electron chi connectivity index (χ2n) is 10.5. The number of fused-ring (bicyclic) bond motifs is 2. The summed E-state index contributed by atoms with van der Waals surface area (Å²) in [5.41, 5.74) is 2.97. The van der Waals surface area contributed by atoms with E-state index in [9.17, 15) is 14.4 Å². The fourth-order valence-corrected chi connectivity index (χ4v) is 5.42. The third-order valence-electron chi connectivity index (χ3n) is 7.57. The minimum Gasteiger partial charge on any atom is -0.464 e. The van der Waals surface area contributed by atoms with Crippen LogP contribution >= 0.6 is 0 Å². The fourth-order valence-electron chi connectivity index (χ4n) is 5.42. The van der Waals surface area contributed by atoms with Crippen LogP contribution in [-0.2, 0) is 32.0 Å². The molecule has 1 aliphatic heterocycles. The molecule has 0 spiro atoms. The number of hydrogen-bond donors (Lipinski definition) is 4. The number of carbonyl (C=O) groups is 3. The van der Waals surface area contributed by atoms with Crippen LogP contribution in [0.3, 0.4) is 0 Å². The third-order valence-corrected chi connectivity index (χ3v) is 7.57. The largest absolute Gasteiger partial charge is 0.464 e. The molecule has 208 valence electrons. The van der Waals surface area contributed by atoms with Crippen LogP contribution in [0, 0.1) is 5.92 Å². The van der Waals surface area contributed by atoms with Crippen molar-refractivity contribution in [3.63, 3.8) is 0 Å². The zero-order valence-electron chi connectivity index (χ0n) is 22.7. The lowest BCUT2D eigenvalue weighted by atomic mass is 9.95. The van der Waals surface area contributed by atoms with E-state index in [1.54, 1.807) is 0 Å². The van der Waals surface area contributed by atoms with Gasteiger partial charge in [-0.25, -0.2) is 0 Å². The molecule has 4 N–H and O–H groups in total. The monoisotopic (exact) mass is 540 g/mol. The van der Waals surface area contributed by atoms with Crippen LogP contribution in [-0.4, -0.2) is 54.5 Å². The van der Waals surface area contributed by atoms with Crippen molar-refractivity contribution in [2.45, 2.75) is 44.7 Å². The number of amides is 2. The molecule has 1 aromatic heterocycles. The molecular formula is C32H36N4O4. The standard InChI is InChI=1S/C32H36N4O4/c1-21(37)40-20-27(18-26-19-34-29-9-5-4-8-28(26)29)35-32(39)30(36-31(38)24-12-14-33-15-13-24)17-22-10-11-23-6-2-3-7-25(23)16-22/h2-11,16,19,24,27,30,33-34H,12-15,17-18,20H2,1H3,(H,35,39)(H,36,38)/t27?,30-/m1/s1. The molecule has 8 nitrogen and oxygen atoms in total. The molecule has 1 saturated heterocycles. The number of esters is 1. The number of benzene rings is 3. The van der Waals surface area contributed by atoms with Gasteiger partial charge in [-0.1, -0.05) is 60.7 Å². The Kier molecular flexibility index (Phi) is 8.76. The fraction of sp³-hybridized carbons (Fsp3) is 0.344.